The number of aromatic nitrogens is 3. The van der Waals surface area contributed by atoms with Gasteiger partial charge < -0.3 is 20.4 Å². The third-order valence-electron chi connectivity index (χ3n) is 6.50. The van der Waals surface area contributed by atoms with E-state index < -0.39 is 11.6 Å². The molecule has 0 saturated carbocycles. The van der Waals surface area contributed by atoms with Crippen LogP contribution in [-0.4, -0.2) is 58.5 Å². The maximum absolute atomic E-state index is 13.6. The van der Waals surface area contributed by atoms with E-state index in [9.17, 15) is 13.6 Å². The zero-order valence-electron chi connectivity index (χ0n) is 20.6. The highest BCUT2D eigenvalue weighted by Crippen LogP contribution is 2.30. The maximum atomic E-state index is 13.6. The molecule has 2 aromatic carbocycles. The minimum Gasteiger partial charge on any atom is -0.484 e. The number of halogens is 2. The van der Waals surface area contributed by atoms with Gasteiger partial charge in [-0.15, -0.1) is 0 Å². The van der Waals surface area contributed by atoms with E-state index in [2.05, 4.69) is 30.5 Å². The number of nitrogens with zero attached hydrogens (tertiary/aromatic N) is 3. The van der Waals surface area contributed by atoms with Crippen LogP contribution in [0.2, 0.25) is 0 Å². The van der Waals surface area contributed by atoms with E-state index in [-0.39, 0.29) is 18.6 Å². The SMILES string of the molecule is CNC(=O)COc1ccc(-c2nc3ncc(C)c(N[C@H]4CCN(Cc5ccc(F)c(F)c5)C4)c3[nH]2)cc1. The molecule has 1 amide bonds. The van der Waals surface area contributed by atoms with E-state index in [1.54, 1.807) is 31.4 Å². The van der Waals surface area contributed by atoms with Crippen LogP contribution in [0.1, 0.15) is 17.5 Å². The minimum absolute atomic E-state index is 0.0436. The van der Waals surface area contributed by atoms with Crippen molar-refractivity contribution in [3.05, 3.63) is 71.4 Å². The molecule has 0 spiro atoms. The number of hydrogen-bond acceptors (Lipinski definition) is 6. The van der Waals surface area contributed by atoms with E-state index in [1.165, 1.54) is 12.1 Å². The van der Waals surface area contributed by atoms with Crippen LogP contribution in [0.5, 0.6) is 5.75 Å². The number of fused-ring (bicyclic) bond motifs is 1. The maximum Gasteiger partial charge on any atom is 0.257 e. The van der Waals surface area contributed by atoms with Gasteiger partial charge in [0.05, 0.1) is 5.69 Å². The number of likely N-dealkylation sites (N-methyl/N-ethyl adjacent to an activating group) is 1. The third-order valence-corrected chi connectivity index (χ3v) is 6.50. The molecule has 8 nitrogen and oxygen atoms in total. The van der Waals surface area contributed by atoms with Gasteiger partial charge in [0, 0.05) is 44.5 Å². The summed E-state index contributed by atoms with van der Waals surface area (Å²) in [6.07, 6.45) is 2.73. The molecular weight excluding hydrogens is 478 g/mol. The molecule has 4 aromatic rings. The number of carbonyl (C=O) groups excluding carboxylic acids is 1. The molecule has 0 aliphatic carbocycles. The lowest BCUT2D eigenvalue weighted by molar-refractivity contribution is -0.122. The zero-order valence-corrected chi connectivity index (χ0v) is 20.6. The van der Waals surface area contributed by atoms with Gasteiger partial charge in [-0.3, -0.25) is 9.69 Å². The molecular formula is C27H28F2N6O2. The smallest absolute Gasteiger partial charge is 0.257 e. The summed E-state index contributed by atoms with van der Waals surface area (Å²) in [6, 6.07) is 11.6. The summed E-state index contributed by atoms with van der Waals surface area (Å²) < 4.78 is 32.3. The predicted octanol–water partition coefficient (Wildman–Crippen LogP) is 4.02. The van der Waals surface area contributed by atoms with Crippen molar-refractivity contribution in [3.63, 3.8) is 0 Å². The van der Waals surface area contributed by atoms with Gasteiger partial charge in [-0.2, -0.15) is 0 Å². The molecule has 10 heteroatoms. The van der Waals surface area contributed by atoms with Crippen LogP contribution in [0.15, 0.2) is 48.7 Å². The summed E-state index contributed by atoms with van der Waals surface area (Å²) in [5.41, 5.74) is 5.01. The van der Waals surface area contributed by atoms with Gasteiger partial charge in [0.2, 0.25) is 0 Å². The minimum atomic E-state index is -0.828. The molecule has 2 aromatic heterocycles. The third kappa shape index (κ3) is 5.54. The highest BCUT2D eigenvalue weighted by Gasteiger charge is 2.24. The van der Waals surface area contributed by atoms with Gasteiger partial charge in [-0.25, -0.2) is 18.7 Å². The number of likely N-dealkylation sites (tertiary alicyclic amines) is 1. The monoisotopic (exact) mass is 506 g/mol. The van der Waals surface area contributed by atoms with Crippen LogP contribution in [0.25, 0.3) is 22.6 Å². The number of pyridine rings is 1. The summed E-state index contributed by atoms with van der Waals surface area (Å²) in [4.78, 5) is 26.2. The topological polar surface area (TPSA) is 95.2 Å². The molecule has 1 aliphatic heterocycles. The number of imidazole rings is 1. The van der Waals surface area contributed by atoms with Crippen molar-refractivity contribution in [2.75, 3.05) is 32.1 Å². The van der Waals surface area contributed by atoms with Crippen molar-refractivity contribution in [2.24, 2.45) is 0 Å². The van der Waals surface area contributed by atoms with E-state index in [0.717, 1.165) is 47.4 Å². The fourth-order valence-corrected chi connectivity index (χ4v) is 4.50. The fraction of sp³-hybridized carbons (Fsp3) is 0.296. The average molecular weight is 507 g/mol. The molecule has 0 radical (unpaired) electrons. The number of rotatable bonds is 8. The Morgan fingerprint density at radius 3 is 2.76 bits per heavy atom. The van der Waals surface area contributed by atoms with Crippen LogP contribution < -0.4 is 15.4 Å². The van der Waals surface area contributed by atoms with Crippen LogP contribution in [0, 0.1) is 18.6 Å². The molecule has 1 aliphatic rings. The Balaban J connectivity index is 1.29. The molecule has 0 bridgehead atoms. The van der Waals surface area contributed by atoms with Crippen molar-refractivity contribution >= 4 is 22.8 Å². The lowest BCUT2D eigenvalue weighted by Crippen LogP contribution is -2.26. The molecule has 0 unspecified atom stereocenters. The Morgan fingerprint density at radius 2 is 2.00 bits per heavy atom. The Hall–Kier alpha value is -4.05. The number of amides is 1. The van der Waals surface area contributed by atoms with Gasteiger partial charge in [-0.05, 0) is 60.9 Å². The Kier molecular flexibility index (Phi) is 7.00. The highest BCUT2D eigenvalue weighted by molar-refractivity contribution is 5.89. The summed E-state index contributed by atoms with van der Waals surface area (Å²) >= 11 is 0. The molecule has 192 valence electrons. The van der Waals surface area contributed by atoms with E-state index in [4.69, 9.17) is 4.74 Å². The number of anilines is 1. The number of aryl methyl sites for hydroxylation is 1. The number of hydrogen-bond donors (Lipinski definition) is 3. The summed E-state index contributed by atoms with van der Waals surface area (Å²) in [6.45, 7) is 4.16. The molecule has 37 heavy (non-hydrogen) atoms. The molecule has 1 fully saturated rings. The number of H-pyrrole nitrogens is 1. The average Bonchev–Trinajstić information content (AvgIpc) is 3.54. The lowest BCUT2D eigenvalue weighted by atomic mass is 10.2. The van der Waals surface area contributed by atoms with Gasteiger partial charge in [0.25, 0.3) is 5.91 Å². The van der Waals surface area contributed by atoms with Crippen molar-refractivity contribution in [1.82, 2.24) is 25.2 Å². The normalized spacial score (nSPS) is 15.7. The van der Waals surface area contributed by atoms with E-state index >= 15 is 0 Å². The first-order chi connectivity index (χ1) is 17.9. The highest BCUT2D eigenvalue weighted by atomic mass is 19.2. The fourth-order valence-electron chi connectivity index (χ4n) is 4.50. The van der Waals surface area contributed by atoms with Gasteiger partial charge in [0.15, 0.2) is 23.9 Å². The van der Waals surface area contributed by atoms with Crippen LogP contribution in [-0.2, 0) is 11.3 Å². The summed E-state index contributed by atoms with van der Waals surface area (Å²) in [5, 5.41) is 6.17. The standard InChI is InChI=1S/C27H28F2N6O2/c1-16-12-31-27-25(33-26(34-27)18-4-6-20(7-5-18)37-15-23(36)30-2)24(16)32-19-9-10-35(14-19)13-17-3-8-21(28)22(29)11-17/h3-8,11-12,19H,9-10,13-15H2,1-2H3,(H,30,36)(H2,31,32,33,34)/t19-/m0/s1. The first-order valence-electron chi connectivity index (χ1n) is 12.1. The van der Waals surface area contributed by atoms with Crippen LogP contribution >= 0.6 is 0 Å². The van der Waals surface area contributed by atoms with Gasteiger partial charge in [-0.1, -0.05) is 6.07 Å². The Bertz CT molecular complexity index is 1420. The Labute approximate surface area is 213 Å². The number of carbonyl (C=O) groups is 1. The second kappa shape index (κ2) is 10.5. The zero-order chi connectivity index (χ0) is 25.9. The number of benzene rings is 2. The predicted molar refractivity (Wildman–Crippen MR) is 137 cm³/mol. The van der Waals surface area contributed by atoms with E-state index in [0.29, 0.717) is 23.8 Å². The molecule has 3 heterocycles. The first-order valence-corrected chi connectivity index (χ1v) is 12.1. The summed E-state index contributed by atoms with van der Waals surface area (Å²) in [7, 11) is 1.56. The Morgan fingerprint density at radius 1 is 1.19 bits per heavy atom. The lowest BCUT2D eigenvalue weighted by Gasteiger charge is -2.19. The second-order valence-corrected chi connectivity index (χ2v) is 9.20. The first kappa shape index (κ1) is 24.6. The van der Waals surface area contributed by atoms with Crippen molar-refractivity contribution < 1.29 is 18.3 Å². The largest absolute Gasteiger partial charge is 0.484 e. The molecule has 1 atom stereocenters. The van der Waals surface area contributed by atoms with Crippen molar-refractivity contribution in [3.8, 4) is 17.1 Å². The number of nitrogens with one attached hydrogen (secondary N) is 3. The van der Waals surface area contributed by atoms with Crippen molar-refractivity contribution in [1.29, 1.82) is 0 Å². The summed E-state index contributed by atoms with van der Waals surface area (Å²) in [5.74, 6) is -0.569. The number of ether oxygens (including phenoxy) is 1. The quantitative estimate of drug-likeness (QED) is 0.334. The van der Waals surface area contributed by atoms with Crippen molar-refractivity contribution in [2.45, 2.75) is 25.9 Å². The van der Waals surface area contributed by atoms with E-state index in [1.807, 2.05) is 19.1 Å². The molecule has 3 N–H and O–H groups in total. The van der Waals surface area contributed by atoms with Crippen LogP contribution in [0.4, 0.5) is 14.5 Å². The molecule has 1 saturated heterocycles. The molecule has 5 rings (SSSR count). The second-order valence-electron chi connectivity index (χ2n) is 9.20. The van der Waals surface area contributed by atoms with Crippen LogP contribution in [0.3, 0.4) is 0 Å². The number of aromatic amines is 1. The van der Waals surface area contributed by atoms with Gasteiger partial charge >= 0.3 is 0 Å². The van der Waals surface area contributed by atoms with Gasteiger partial charge in [0.1, 0.15) is 17.1 Å².